The van der Waals surface area contributed by atoms with E-state index in [4.69, 9.17) is 11.6 Å². The molecule has 0 bridgehead atoms. The molecular weight excluding hydrogens is 277 g/mol. The molecule has 3 nitrogen and oxygen atoms in total. The van der Waals surface area contributed by atoms with E-state index in [0.717, 1.165) is 12.1 Å². The quantitative estimate of drug-likeness (QED) is 0.820. The van der Waals surface area contributed by atoms with E-state index >= 15 is 0 Å². The van der Waals surface area contributed by atoms with E-state index in [1.165, 1.54) is 12.1 Å². The number of benzene rings is 1. The van der Waals surface area contributed by atoms with Crippen molar-refractivity contribution in [2.24, 2.45) is 5.41 Å². The van der Waals surface area contributed by atoms with Gasteiger partial charge in [-0.25, -0.2) is 17.5 Å². The molecular formula is C12H17ClFNO2S. The van der Waals surface area contributed by atoms with Crippen LogP contribution < -0.4 is 4.72 Å². The van der Waals surface area contributed by atoms with Gasteiger partial charge in [-0.05, 0) is 36.1 Å². The van der Waals surface area contributed by atoms with Crippen LogP contribution in [0.5, 0.6) is 0 Å². The maximum atomic E-state index is 12.7. The summed E-state index contributed by atoms with van der Waals surface area (Å²) in [6.07, 6.45) is 0.709. The number of hydrogen-bond acceptors (Lipinski definition) is 2. The first-order valence-electron chi connectivity index (χ1n) is 5.58. The second-order valence-electron chi connectivity index (χ2n) is 4.88. The second-order valence-corrected chi connectivity index (χ2v) is 7.03. The summed E-state index contributed by atoms with van der Waals surface area (Å²) in [5.41, 5.74) is -0.213. The van der Waals surface area contributed by atoms with Crippen LogP contribution in [0.1, 0.15) is 20.3 Å². The van der Waals surface area contributed by atoms with Crippen molar-refractivity contribution in [1.82, 2.24) is 4.72 Å². The highest BCUT2D eigenvalue weighted by molar-refractivity contribution is 7.89. The lowest BCUT2D eigenvalue weighted by Gasteiger charge is -2.23. The number of halogens is 2. The molecule has 1 N–H and O–H groups in total. The van der Waals surface area contributed by atoms with Crippen LogP contribution in [0.4, 0.5) is 4.39 Å². The highest BCUT2D eigenvalue weighted by Crippen LogP contribution is 2.20. The fourth-order valence-corrected chi connectivity index (χ4v) is 3.09. The molecule has 0 saturated heterocycles. The Hall–Kier alpha value is -0.650. The van der Waals surface area contributed by atoms with Gasteiger partial charge in [0, 0.05) is 12.4 Å². The Morgan fingerprint density at radius 3 is 2.33 bits per heavy atom. The molecule has 0 spiro atoms. The minimum atomic E-state index is -3.59. The SMILES string of the molecule is CC(C)(CCCl)CNS(=O)(=O)c1ccc(F)cc1. The zero-order valence-corrected chi connectivity index (χ0v) is 12.0. The molecule has 0 aliphatic carbocycles. The second kappa shape index (κ2) is 5.99. The lowest BCUT2D eigenvalue weighted by Crippen LogP contribution is -2.34. The molecule has 1 rings (SSSR count). The molecule has 0 amide bonds. The van der Waals surface area contributed by atoms with Gasteiger partial charge < -0.3 is 0 Å². The minimum absolute atomic E-state index is 0.0607. The molecule has 0 aliphatic heterocycles. The van der Waals surface area contributed by atoms with Crippen LogP contribution in [0.2, 0.25) is 0 Å². The maximum Gasteiger partial charge on any atom is 0.240 e. The summed E-state index contributed by atoms with van der Waals surface area (Å²) in [5, 5.41) is 0. The minimum Gasteiger partial charge on any atom is -0.211 e. The Morgan fingerprint density at radius 2 is 1.83 bits per heavy atom. The molecule has 0 saturated carbocycles. The Balaban J connectivity index is 2.74. The van der Waals surface area contributed by atoms with Gasteiger partial charge in [0.05, 0.1) is 4.90 Å². The standard InChI is InChI=1S/C12H17ClFNO2S/c1-12(2,7-8-13)9-15-18(16,17)11-5-3-10(14)4-6-11/h3-6,15H,7-9H2,1-2H3. The van der Waals surface area contributed by atoms with E-state index in [1.54, 1.807) is 0 Å². The highest BCUT2D eigenvalue weighted by atomic mass is 35.5. The normalized spacial score (nSPS) is 12.7. The van der Waals surface area contributed by atoms with Crippen LogP contribution >= 0.6 is 11.6 Å². The highest BCUT2D eigenvalue weighted by Gasteiger charge is 2.21. The third kappa shape index (κ3) is 4.55. The van der Waals surface area contributed by atoms with Gasteiger partial charge in [-0.1, -0.05) is 13.8 Å². The zero-order valence-electron chi connectivity index (χ0n) is 10.4. The summed E-state index contributed by atoms with van der Waals surface area (Å²) in [6.45, 7) is 4.16. The van der Waals surface area contributed by atoms with Gasteiger partial charge in [-0.3, -0.25) is 0 Å². The van der Waals surface area contributed by atoms with E-state index in [1.807, 2.05) is 13.8 Å². The van der Waals surface area contributed by atoms with Crippen LogP contribution in [0.25, 0.3) is 0 Å². The molecule has 0 aromatic heterocycles. The summed E-state index contributed by atoms with van der Waals surface area (Å²) in [7, 11) is -3.59. The molecule has 1 aromatic carbocycles. The van der Waals surface area contributed by atoms with Crippen LogP contribution in [0, 0.1) is 11.2 Å². The van der Waals surface area contributed by atoms with Crippen LogP contribution in [-0.2, 0) is 10.0 Å². The van der Waals surface area contributed by atoms with E-state index in [0.29, 0.717) is 18.8 Å². The molecule has 102 valence electrons. The van der Waals surface area contributed by atoms with Gasteiger partial charge in [0.15, 0.2) is 0 Å². The molecule has 18 heavy (non-hydrogen) atoms. The van der Waals surface area contributed by atoms with E-state index in [2.05, 4.69) is 4.72 Å². The lowest BCUT2D eigenvalue weighted by molar-refractivity contribution is 0.352. The Morgan fingerprint density at radius 1 is 1.28 bits per heavy atom. The van der Waals surface area contributed by atoms with Gasteiger partial charge in [0.25, 0.3) is 0 Å². The van der Waals surface area contributed by atoms with E-state index in [9.17, 15) is 12.8 Å². The monoisotopic (exact) mass is 293 g/mol. The van der Waals surface area contributed by atoms with Crippen LogP contribution in [-0.4, -0.2) is 20.8 Å². The Bertz CT molecular complexity index is 485. The van der Waals surface area contributed by atoms with Crippen molar-refractivity contribution >= 4 is 21.6 Å². The maximum absolute atomic E-state index is 12.7. The topological polar surface area (TPSA) is 46.2 Å². The third-order valence-corrected chi connectivity index (χ3v) is 4.24. The smallest absolute Gasteiger partial charge is 0.211 e. The molecule has 0 fully saturated rings. The fraction of sp³-hybridized carbons (Fsp3) is 0.500. The molecule has 6 heteroatoms. The van der Waals surface area contributed by atoms with Gasteiger partial charge in [-0.2, -0.15) is 0 Å². The molecule has 0 atom stereocenters. The van der Waals surface area contributed by atoms with E-state index in [-0.39, 0.29) is 10.3 Å². The first-order chi connectivity index (χ1) is 8.27. The summed E-state index contributed by atoms with van der Waals surface area (Å²) < 4.78 is 39.1. The van der Waals surface area contributed by atoms with Crippen molar-refractivity contribution in [1.29, 1.82) is 0 Å². The largest absolute Gasteiger partial charge is 0.240 e. The van der Waals surface area contributed by atoms with Crippen molar-refractivity contribution in [3.63, 3.8) is 0 Å². The van der Waals surface area contributed by atoms with Crippen molar-refractivity contribution in [3.05, 3.63) is 30.1 Å². The fourth-order valence-electron chi connectivity index (χ4n) is 1.33. The van der Waals surface area contributed by atoms with Crippen molar-refractivity contribution in [2.45, 2.75) is 25.2 Å². The zero-order chi connectivity index (χ0) is 13.8. The molecule has 1 aromatic rings. The Kier molecular flexibility index (Phi) is 5.13. The van der Waals surface area contributed by atoms with Gasteiger partial charge in [-0.15, -0.1) is 11.6 Å². The molecule has 0 unspecified atom stereocenters. The molecule has 0 aliphatic rings. The van der Waals surface area contributed by atoms with Gasteiger partial charge >= 0.3 is 0 Å². The van der Waals surface area contributed by atoms with E-state index < -0.39 is 15.8 Å². The number of sulfonamides is 1. The third-order valence-electron chi connectivity index (χ3n) is 2.64. The van der Waals surface area contributed by atoms with Crippen LogP contribution in [0.3, 0.4) is 0 Å². The summed E-state index contributed by atoms with van der Waals surface area (Å²) in [4.78, 5) is 0.0607. The van der Waals surface area contributed by atoms with Gasteiger partial charge in [0.1, 0.15) is 5.82 Å². The summed E-state index contributed by atoms with van der Waals surface area (Å²) in [6, 6.07) is 4.73. The summed E-state index contributed by atoms with van der Waals surface area (Å²) in [5.74, 6) is 0.0158. The number of alkyl halides is 1. The first kappa shape index (κ1) is 15.4. The summed E-state index contributed by atoms with van der Waals surface area (Å²) >= 11 is 5.65. The Labute approximate surface area is 112 Å². The predicted molar refractivity (Wildman–Crippen MR) is 70.7 cm³/mol. The van der Waals surface area contributed by atoms with Gasteiger partial charge in [0.2, 0.25) is 10.0 Å². The lowest BCUT2D eigenvalue weighted by atomic mass is 9.91. The molecule has 0 radical (unpaired) electrons. The number of hydrogen-bond donors (Lipinski definition) is 1. The average Bonchev–Trinajstić information content (AvgIpc) is 2.27. The predicted octanol–water partition coefficient (Wildman–Crippen LogP) is 2.76. The van der Waals surface area contributed by atoms with Crippen molar-refractivity contribution < 1.29 is 12.8 Å². The number of nitrogens with one attached hydrogen (secondary N) is 1. The first-order valence-corrected chi connectivity index (χ1v) is 7.60. The van der Waals surface area contributed by atoms with Crippen LogP contribution in [0.15, 0.2) is 29.2 Å². The average molecular weight is 294 g/mol. The van der Waals surface area contributed by atoms with Crippen molar-refractivity contribution in [3.8, 4) is 0 Å². The van der Waals surface area contributed by atoms with Crippen molar-refractivity contribution in [2.75, 3.05) is 12.4 Å². The number of rotatable bonds is 6. The molecule has 0 heterocycles.